The molecule has 0 radical (unpaired) electrons. The number of rotatable bonds is 8. The Morgan fingerprint density at radius 1 is 1.31 bits per heavy atom. The number of hydrogen-bond acceptors (Lipinski definition) is 7. The van der Waals surface area contributed by atoms with Crippen molar-refractivity contribution in [3.8, 4) is 11.5 Å². The number of pyridine rings is 1. The van der Waals surface area contributed by atoms with Crippen molar-refractivity contribution < 1.29 is 30.8 Å². The van der Waals surface area contributed by atoms with Crippen molar-refractivity contribution in [2.24, 2.45) is 0 Å². The molecule has 0 N–H and O–H groups in total. The summed E-state index contributed by atoms with van der Waals surface area (Å²) in [6.45, 7) is -0.666. The number of methoxy groups -OCH3 is 1. The first-order valence-electron chi connectivity index (χ1n) is 8.99. The molecule has 3 rings (SSSR count). The van der Waals surface area contributed by atoms with Crippen LogP contribution in [0.2, 0.25) is 0 Å². The average molecular weight is 434 g/mol. The Bertz CT molecular complexity index is 920. The minimum Gasteiger partial charge on any atom is -0.385 e. The van der Waals surface area contributed by atoms with Crippen molar-refractivity contribution in [3.63, 3.8) is 0 Å². The molecule has 29 heavy (non-hydrogen) atoms. The maximum atomic E-state index is 14.0. The molecule has 1 saturated heterocycles. The fraction of sp³-hybridized carbons (Fsp3) is 0.588. The van der Waals surface area contributed by atoms with Gasteiger partial charge in [-0.05, 0) is 31.4 Å². The van der Waals surface area contributed by atoms with Crippen LogP contribution in [0.1, 0.15) is 25.2 Å². The lowest BCUT2D eigenvalue weighted by Crippen LogP contribution is -2.46. The van der Waals surface area contributed by atoms with Crippen molar-refractivity contribution >= 4 is 10.0 Å². The molecule has 0 aliphatic carbocycles. The second-order valence-electron chi connectivity index (χ2n) is 6.82. The van der Waals surface area contributed by atoms with Gasteiger partial charge < -0.3 is 9.26 Å². The molecule has 0 saturated carbocycles. The minimum atomic E-state index is -4.76. The number of hydrogen-bond donors (Lipinski definition) is 0. The maximum absolute atomic E-state index is 14.0. The summed E-state index contributed by atoms with van der Waals surface area (Å²) in [5.74, 6) is -0.972. The van der Waals surface area contributed by atoms with Crippen LogP contribution in [0, 0.1) is 0 Å². The van der Waals surface area contributed by atoms with E-state index < -0.39 is 40.5 Å². The maximum Gasteiger partial charge on any atom is 0.404 e. The van der Waals surface area contributed by atoms with Gasteiger partial charge in [0.25, 0.3) is 0 Å². The third kappa shape index (κ3) is 4.43. The number of halogens is 3. The number of nitrogens with zero attached hydrogens (tertiary/aromatic N) is 4. The summed E-state index contributed by atoms with van der Waals surface area (Å²) in [5.41, 5.74) is -2.28. The van der Waals surface area contributed by atoms with E-state index in [1.54, 1.807) is 18.2 Å². The molecule has 1 aliphatic heterocycles. The van der Waals surface area contributed by atoms with Crippen LogP contribution in [-0.4, -0.2) is 66.6 Å². The highest BCUT2D eigenvalue weighted by molar-refractivity contribution is 7.89. The average Bonchev–Trinajstić information content (AvgIpc) is 3.34. The molecule has 0 spiro atoms. The van der Waals surface area contributed by atoms with Crippen LogP contribution in [-0.2, 0) is 20.2 Å². The van der Waals surface area contributed by atoms with Crippen LogP contribution >= 0.6 is 0 Å². The van der Waals surface area contributed by atoms with E-state index in [9.17, 15) is 21.6 Å². The van der Waals surface area contributed by atoms with Crippen LogP contribution in [0.15, 0.2) is 28.9 Å². The molecule has 2 aromatic rings. The van der Waals surface area contributed by atoms with Crippen LogP contribution < -0.4 is 0 Å². The fourth-order valence-electron chi connectivity index (χ4n) is 3.22. The second kappa shape index (κ2) is 8.36. The van der Waals surface area contributed by atoms with Gasteiger partial charge in [-0.2, -0.15) is 18.2 Å². The van der Waals surface area contributed by atoms with Crippen molar-refractivity contribution in [3.05, 3.63) is 30.3 Å². The molecule has 1 aliphatic rings. The van der Waals surface area contributed by atoms with Gasteiger partial charge in [-0.25, -0.2) is 12.7 Å². The summed E-state index contributed by atoms with van der Waals surface area (Å²) in [6, 6.07) is 4.83. The molecule has 3 heterocycles. The topological polar surface area (TPSA) is 98.4 Å². The lowest BCUT2D eigenvalue weighted by Gasteiger charge is -2.27. The molecule has 2 aromatic heterocycles. The van der Waals surface area contributed by atoms with Crippen LogP contribution in [0.5, 0.6) is 0 Å². The molecular formula is C17H21F3N4O4S. The molecule has 0 aromatic carbocycles. The smallest absolute Gasteiger partial charge is 0.385 e. The van der Waals surface area contributed by atoms with E-state index in [1.165, 1.54) is 13.3 Å². The van der Waals surface area contributed by atoms with Gasteiger partial charge in [0.15, 0.2) is 5.41 Å². The van der Waals surface area contributed by atoms with Crippen molar-refractivity contribution in [2.75, 3.05) is 32.6 Å². The predicted molar refractivity (Wildman–Crippen MR) is 96.3 cm³/mol. The first-order valence-corrected chi connectivity index (χ1v) is 10.6. The van der Waals surface area contributed by atoms with Gasteiger partial charge in [-0.1, -0.05) is 11.2 Å². The SMILES string of the molecule is COCCCCS(=O)(=O)N1CCC(c2nc(-c3ccccn3)no2)(C(F)(F)F)C1. The van der Waals surface area contributed by atoms with Gasteiger partial charge in [0.05, 0.1) is 5.75 Å². The van der Waals surface area contributed by atoms with E-state index >= 15 is 0 Å². The third-order valence-electron chi connectivity index (χ3n) is 4.90. The minimum absolute atomic E-state index is 0.0786. The third-order valence-corrected chi connectivity index (χ3v) is 6.80. The number of sulfonamides is 1. The summed E-state index contributed by atoms with van der Waals surface area (Å²) < 4.78 is 77.8. The molecule has 1 unspecified atom stereocenters. The molecule has 160 valence electrons. The zero-order chi connectivity index (χ0) is 21.1. The number of alkyl halides is 3. The standard InChI is InChI=1S/C17H21F3N4O4S/c1-27-10-4-5-11-29(25,26)24-9-7-16(12-24,17(18,19)20)15-22-14(23-28-15)13-6-2-3-8-21-13/h2-3,6,8H,4-5,7,9-12H2,1H3. The molecule has 1 atom stereocenters. The van der Waals surface area contributed by atoms with Gasteiger partial charge in [0.2, 0.25) is 21.7 Å². The highest BCUT2D eigenvalue weighted by Gasteiger charge is 2.64. The summed E-state index contributed by atoms with van der Waals surface area (Å²) >= 11 is 0. The zero-order valence-electron chi connectivity index (χ0n) is 15.7. The summed E-state index contributed by atoms with van der Waals surface area (Å²) in [7, 11) is -2.35. The monoisotopic (exact) mass is 434 g/mol. The van der Waals surface area contributed by atoms with E-state index in [0.29, 0.717) is 19.4 Å². The molecule has 0 bridgehead atoms. The Morgan fingerprint density at radius 3 is 2.76 bits per heavy atom. The van der Waals surface area contributed by atoms with E-state index in [-0.39, 0.29) is 23.8 Å². The number of unbranched alkanes of at least 4 members (excludes halogenated alkanes) is 1. The predicted octanol–water partition coefficient (Wildman–Crippen LogP) is 2.39. The molecule has 0 amide bonds. The first-order chi connectivity index (χ1) is 13.7. The van der Waals surface area contributed by atoms with Crippen LogP contribution in [0.4, 0.5) is 13.2 Å². The van der Waals surface area contributed by atoms with Gasteiger partial charge in [0, 0.05) is 33.0 Å². The van der Waals surface area contributed by atoms with Gasteiger partial charge in [-0.15, -0.1) is 0 Å². The lowest BCUT2D eigenvalue weighted by molar-refractivity contribution is -0.192. The van der Waals surface area contributed by atoms with Gasteiger partial charge in [-0.3, -0.25) is 4.98 Å². The van der Waals surface area contributed by atoms with Crippen molar-refractivity contribution in [1.82, 2.24) is 19.4 Å². The summed E-state index contributed by atoms with van der Waals surface area (Å²) in [4.78, 5) is 7.90. The van der Waals surface area contributed by atoms with Crippen LogP contribution in [0.25, 0.3) is 11.5 Å². The number of aromatic nitrogens is 3. The van der Waals surface area contributed by atoms with E-state index in [2.05, 4.69) is 15.1 Å². The van der Waals surface area contributed by atoms with Crippen molar-refractivity contribution in [1.29, 1.82) is 0 Å². The van der Waals surface area contributed by atoms with Gasteiger partial charge >= 0.3 is 6.18 Å². The molecular weight excluding hydrogens is 413 g/mol. The number of ether oxygens (including phenoxy) is 1. The Hall–Kier alpha value is -2.05. The van der Waals surface area contributed by atoms with E-state index in [4.69, 9.17) is 9.26 Å². The summed E-state index contributed by atoms with van der Waals surface area (Å²) in [5, 5.41) is 3.62. The highest BCUT2D eigenvalue weighted by Crippen LogP contribution is 2.48. The van der Waals surface area contributed by atoms with E-state index in [1.807, 2.05) is 0 Å². The Morgan fingerprint density at radius 2 is 2.10 bits per heavy atom. The largest absolute Gasteiger partial charge is 0.404 e. The lowest BCUT2D eigenvalue weighted by atomic mass is 9.86. The molecule has 1 fully saturated rings. The highest BCUT2D eigenvalue weighted by atomic mass is 32.2. The summed E-state index contributed by atoms with van der Waals surface area (Å²) in [6.07, 6.45) is -2.99. The normalized spacial score (nSPS) is 21.0. The zero-order valence-corrected chi connectivity index (χ0v) is 16.5. The Balaban J connectivity index is 1.84. The van der Waals surface area contributed by atoms with Gasteiger partial charge in [0.1, 0.15) is 5.69 Å². The van der Waals surface area contributed by atoms with Crippen molar-refractivity contribution in [2.45, 2.75) is 30.9 Å². The Labute approximate surface area is 166 Å². The van der Waals surface area contributed by atoms with E-state index in [0.717, 1.165) is 4.31 Å². The second-order valence-corrected chi connectivity index (χ2v) is 8.91. The fourth-order valence-corrected chi connectivity index (χ4v) is 4.83. The molecule has 8 nitrogen and oxygen atoms in total. The molecule has 12 heteroatoms. The quantitative estimate of drug-likeness (QED) is 0.589. The Kier molecular flexibility index (Phi) is 6.24. The van der Waals surface area contributed by atoms with Crippen LogP contribution in [0.3, 0.4) is 0 Å². The first kappa shape index (κ1) is 21.7.